The third-order valence-electron chi connectivity index (χ3n) is 1.89. The van der Waals surface area contributed by atoms with Gasteiger partial charge in [-0.05, 0) is 22.0 Å². The molecule has 0 atom stereocenters. The van der Waals surface area contributed by atoms with Gasteiger partial charge in [0.1, 0.15) is 5.75 Å². The van der Waals surface area contributed by atoms with Gasteiger partial charge in [-0.1, -0.05) is 17.2 Å². The van der Waals surface area contributed by atoms with Crippen LogP contribution in [0.1, 0.15) is 5.56 Å². The molecular weight excluding hydrogens is 226 g/mol. The second-order valence-electron chi connectivity index (χ2n) is 3.03. The summed E-state index contributed by atoms with van der Waals surface area (Å²) in [5.74, 6) is -0.490. The summed E-state index contributed by atoms with van der Waals surface area (Å²) in [7, 11) is 0. The molecule has 8 heteroatoms. The van der Waals surface area contributed by atoms with E-state index in [-0.39, 0.29) is 11.7 Å². The number of hydrogen-bond acceptors (Lipinski definition) is 6. The maximum atomic E-state index is 10.3. The van der Waals surface area contributed by atoms with Crippen molar-refractivity contribution < 1.29 is 10.0 Å². The Morgan fingerprint density at radius 2 is 2.24 bits per heavy atom. The fourth-order valence-corrected chi connectivity index (χ4v) is 1.11. The summed E-state index contributed by atoms with van der Waals surface area (Å²) in [5, 5.41) is 25.4. The minimum Gasteiger partial charge on any atom is -0.507 e. The first kappa shape index (κ1) is 10.7. The highest BCUT2D eigenvalue weighted by Crippen LogP contribution is 2.14. The molecule has 0 aliphatic rings. The number of nitrogens with one attached hydrogen (secondary N) is 1. The first-order valence-electron chi connectivity index (χ1n) is 4.55. The van der Waals surface area contributed by atoms with Crippen LogP contribution in [0.4, 0.5) is 11.9 Å². The lowest BCUT2D eigenvalue weighted by atomic mass is 10.2. The molecule has 2 N–H and O–H groups in total. The summed E-state index contributed by atoms with van der Waals surface area (Å²) in [6, 6.07) is 6.54. The van der Waals surface area contributed by atoms with Crippen molar-refractivity contribution in [2.24, 2.45) is 4.99 Å². The summed E-state index contributed by atoms with van der Waals surface area (Å²) >= 11 is 0. The van der Waals surface area contributed by atoms with Crippen LogP contribution in [0.5, 0.6) is 5.75 Å². The number of benzene rings is 1. The molecule has 1 aromatic carbocycles. The molecule has 0 fully saturated rings. The lowest BCUT2D eigenvalue weighted by Crippen LogP contribution is -1.88. The minimum absolute atomic E-state index is 0.0567. The van der Waals surface area contributed by atoms with Gasteiger partial charge in [0, 0.05) is 11.8 Å². The van der Waals surface area contributed by atoms with E-state index in [1.54, 1.807) is 18.2 Å². The van der Waals surface area contributed by atoms with Crippen LogP contribution in [0.25, 0.3) is 0 Å². The maximum Gasteiger partial charge on any atom is 0.455 e. The molecule has 2 rings (SSSR count). The smallest absolute Gasteiger partial charge is 0.455 e. The van der Waals surface area contributed by atoms with Crippen molar-refractivity contribution in [2.45, 2.75) is 0 Å². The van der Waals surface area contributed by atoms with E-state index < -0.39 is 10.9 Å². The van der Waals surface area contributed by atoms with E-state index in [9.17, 15) is 15.2 Å². The minimum atomic E-state index is -0.702. The monoisotopic (exact) mass is 233 g/mol. The van der Waals surface area contributed by atoms with E-state index in [0.717, 1.165) is 0 Å². The molecule has 0 saturated carbocycles. The van der Waals surface area contributed by atoms with Crippen LogP contribution in [0.15, 0.2) is 29.3 Å². The van der Waals surface area contributed by atoms with Gasteiger partial charge in [0.25, 0.3) is 0 Å². The van der Waals surface area contributed by atoms with Crippen LogP contribution >= 0.6 is 0 Å². The number of para-hydroxylation sites is 1. The number of hydrogen-bond donors (Lipinski definition) is 2. The van der Waals surface area contributed by atoms with Crippen molar-refractivity contribution >= 4 is 18.1 Å². The van der Waals surface area contributed by atoms with E-state index in [1.165, 1.54) is 12.3 Å². The number of nitrogens with zero attached hydrogens (tertiary/aromatic N) is 4. The van der Waals surface area contributed by atoms with Gasteiger partial charge < -0.3 is 15.2 Å². The van der Waals surface area contributed by atoms with Crippen LogP contribution in [0.3, 0.4) is 0 Å². The first-order valence-corrected chi connectivity index (χ1v) is 4.55. The fraction of sp³-hybridized carbons (Fsp3) is 0. The molecule has 0 spiro atoms. The average Bonchev–Trinajstić information content (AvgIpc) is 2.77. The van der Waals surface area contributed by atoms with Gasteiger partial charge in [-0.3, -0.25) is 0 Å². The number of aromatic nitrogens is 3. The molecule has 0 radical (unpaired) electrons. The molecule has 0 unspecified atom stereocenters. The molecular formula is C9H7N5O3. The van der Waals surface area contributed by atoms with Crippen LogP contribution in [0, 0.1) is 10.1 Å². The molecule has 8 nitrogen and oxygen atoms in total. The normalized spacial score (nSPS) is 10.8. The number of aromatic amines is 1. The molecule has 1 aromatic heterocycles. The molecule has 17 heavy (non-hydrogen) atoms. The fourth-order valence-electron chi connectivity index (χ4n) is 1.11. The summed E-state index contributed by atoms with van der Waals surface area (Å²) in [5.41, 5.74) is 0.472. The second-order valence-corrected chi connectivity index (χ2v) is 3.03. The number of phenols is 1. The molecule has 0 amide bonds. The Morgan fingerprint density at radius 1 is 1.47 bits per heavy atom. The average molecular weight is 233 g/mol. The van der Waals surface area contributed by atoms with Crippen molar-refractivity contribution in [1.29, 1.82) is 0 Å². The number of aliphatic imine (C=N–C) groups is 1. The van der Waals surface area contributed by atoms with Crippen molar-refractivity contribution in [3.05, 3.63) is 39.9 Å². The van der Waals surface area contributed by atoms with Crippen LogP contribution in [-0.4, -0.2) is 31.4 Å². The maximum absolute atomic E-state index is 10.3. The first-order chi connectivity index (χ1) is 8.16. The van der Waals surface area contributed by atoms with Crippen molar-refractivity contribution in [3.8, 4) is 5.75 Å². The van der Waals surface area contributed by atoms with E-state index in [1.807, 2.05) is 0 Å². The zero-order chi connectivity index (χ0) is 12.3. The SMILES string of the molecule is O=[N+]([O-])c1nc(N=Cc2ccccc2O)n[nH]1. The lowest BCUT2D eigenvalue weighted by Gasteiger charge is -1.94. The van der Waals surface area contributed by atoms with Crippen LogP contribution in [-0.2, 0) is 0 Å². The Bertz CT molecular complexity index is 578. The zero-order valence-corrected chi connectivity index (χ0v) is 8.44. The van der Waals surface area contributed by atoms with Gasteiger partial charge >= 0.3 is 11.9 Å². The largest absolute Gasteiger partial charge is 0.507 e. The standard InChI is InChI=1S/C9H7N5O3/c15-7-4-2-1-3-6(7)5-10-8-11-9(13-12-8)14(16)17/h1-5,15H,(H,11,12,13). The molecule has 0 saturated heterocycles. The topological polar surface area (TPSA) is 117 Å². The predicted octanol–water partition coefficient (Wildman–Crippen LogP) is 1.17. The number of aromatic hydroxyl groups is 1. The van der Waals surface area contributed by atoms with Gasteiger partial charge in [0.15, 0.2) is 0 Å². The van der Waals surface area contributed by atoms with Gasteiger partial charge in [0.05, 0.1) is 0 Å². The molecule has 0 aliphatic heterocycles. The summed E-state index contributed by atoms with van der Waals surface area (Å²) in [4.78, 5) is 16.9. The second kappa shape index (κ2) is 4.39. The highest BCUT2D eigenvalue weighted by molar-refractivity contribution is 5.84. The zero-order valence-electron chi connectivity index (χ0n) is 8.44. The van der Waals surface area contributed by atoms with Gasteiger partial charge in [-0.15, -0.1) is 5.10 Å². The number of rotatable bonds is 3. The van der Waals surface area contributed by atoms with E-state index in [0.29, 0.717) is 5.56 Å². The molecule has 2 aromatic rings. The summed E-state index contributed by atoms with van der Waals surface area (Å²) < 4.78 is 0. The summed E-state index contributed by atoms with van der Waals surface area (Å²) in [6.45, 7) is 0. The van der Waals surface area contributed by atoms with Gasteiger partial charge in [-0.2, -0.15) is 0 Å². The quantitative estimate of drug-likeness (QED) is 0.468. The third-order valence-corrected chi connectivity index (χ3v) is 1.89. The van der Waals surface area contributed by atoms with Gasteiger partial charge in [0.2, 0.25) is 0 Å². The van der Waals surface area contributed by atoms with Crippen molar-refractivity contribution in [2.75, 3.05) is 0 Å². The third kappa shape index (κ3) is 2.43. The lowest BCUT2D eigenvalue weighted by molar-refractivity contribution is -0.394. The number of phenolic OH excluding ortho intramolecular Hbond substituents is 1. The Labute approximate surface area is 94.8 Å². The molecule has 0 bridgehead atoms. The van der Waals surface area contributed by atoms with Crippen LogP contribution in [0.2, 0.25) is 0 Å². The van der Waals surface area contributed by atoms with E-state index in [4.69, 9.17) is 0 Å². The van der Waals surface area contributed by atoms with Crippen molar-refractivity contribution in [3.63, 3.8) is 0 Å². The van der Waals surface area contributed by atoms with Crippen molar-refractivity contribution in [1.82, 2.24) is 15.2 Å². The number of nitro groups is 1. The summed E-state index contributed by atoms with van der Waals surface area (Å²) in [6.07, 6.45) is 1.32. The highest BCUT2D eigenvalue weighted by Gasteiger charge is 2.12. The molecule has 86 valence electrons. The molecule has 0 aliphatic carbocycles. The Kier molecular flexibility index (Phi) is 2.77. The van der Waals surface area contributed by atoms with E-state index in [2.05, 4.69) is 20.2 Å². The Morgan fingerprint density at radius 3 is 2.88 bits per heavy atom. The van der Waals surface area contributed by atoms with Crippen LogP contribution < -0.4 is 0 Å². The van der Waals surface area contributed by atoms with Gasteiger partial charge in [-0.25, -0.2) is 4.99 Å². The number of H-pyrrole nitrogens is 1. The molecule has 1 heterocycles. The Hall–Kier alpha value is -2.77. The van der Waals surface area contributed by atoms with E-state index >= 15 is 0 Å². The Balaban J connectivity index is 2.20. The predicted molar refractivity (Wildman–Crippen MR) is 58.4 cm³/mol. The highest BCUT2D eigenvalue weighted by atomic mass is 16.6.